The molecule has 0 unspecified atom stereocenters. The van der Waals surface area contributed by atoms with Gasteiger partial charge in [0, 0.05) is 40.8 Å². The van der Waals surface area contributed by atoms with Crippen LogP contribution in [0.2, 0.25) is 5.02 Å². The van der Waals surface area contributed by atoms with Crippen LogP contribution in [-0.4, -0.2) is 27.4 Å². The number of rotatable bonds is 7. The maximum Gasteiger partial charge on any atom is 0.281 e. The Bertz CT molecular complexity index is 1420. The number of nitrogens with zero attached hydrogens (tertiary/aromatic N) is 3. The largest absolute Gasteiger partial charge is 0.495 e. The molecule has 4 rings (SSSR count). The fraction of sp³-hybridized carbons (Fsp3) is 0.269. The Morgan fingerprint density at radius 2 is 1.85 bits per heavy atom. The maximum atomic E-state index is 13.2. The number of para-hydroxylation sites is 1. The number of methoxy groups -OCH3 is 1. The summed E-state index contributed by atoms with van der Waals surface area (Å²) < 4.78 is 8.84. The second-order valence-corrected chi connectivity index (χ2v) is 8.67. The van der Waals surface area contributed by atoms with Gasteiger partial charge in [-0.25, -0.2) is 0 Å². The van der Waals surface area contributed by atoms with E-state index in [1.165, 1.54) is 4.68 Å². The lowest BCUT2D eigenvalue weighted by Crippen LogP contribution is -2.21. The zero-order valence-corrected chi connectivity index (χ0v) is 20.4. The normalized spacial score (nSPS) is 11.1. The van der Waals surface area contributed by atoms with Crippen LogP contribution in [0.1, 0.15) is 29.8 Å². The van der Waals surface area contributed by atoms with Gasteiger partial charge in [-0.15, -0.1) is 0 Å². The number of carbonyl (C=O) groups is 1. The third kappa shape index (κ3) is 4.43. The zero-order valence-electron chi connectivity index (χ0n) is 19.7. The molecule has 2 aromatic carbocycles. The van der Waals surface area contributed by atoms with E-state index < -0.39 is 0 Å². The fourth-order valence-electron chi connectivity index (χ4n) is 4.24. The molecule has 0 saturated carbocycles. The average Bonchev–Trinajstić information content (AvgIpc) is 3.07. The molecule has 2 aromatic heterocycles. The van der Waals surface area contributed by atoms with Crippen molar-refractivity contribution < 1.29 is 9.53 Å². The van der Waals surface area contributed by atoms with Gasteiger partial charge in [0.05, 0.1) is 30.1 Å². The van der Waals surface area contributed by atoms with Crippen molar-refractivity contribution in [3.05, 3.63) is 81.0 Å². The Hall–Kier alpha value is -3.58. The van der Waals surface area contributed by atoms with Gasteiger partial charge in [-0.2, -0.15) is 9.78 Å². The van der Waals surface area contributed by atoms with Crippen molar-refractivity contribution in [1.29, 1.82) is 0 Å². The van der Waals surface area contributed by atoms with E-state index >= 15 is 0 Å². The van der Waals surface area contributed by atoms with Gasteiger partial charge >= 0.3 is 0 Å². The van der Waals surface area contributed by atoms with Gasteiger partial charge < -0.3 is 14.6 Å². The third-order valence-corrected chi connectivity index (χ3v) is 6.49. The van der Waals surface area contributed by atoms with Gasteiger partial charge in [0.2, 0.25) is 5.91 Å². The number of halogens is 1. The monoisotopic (exact) mass is 478 g/mol. The molecule has 0 saturated heterocycles. The highest BCUT2D eigenvalue weighted by atomic mass is 35.5. The summed E-state index contributed by atoms with van der Waals surface area (Å²) in [5.74, 6) is 0.412. The van der Waals surface area contributed by atoms with Crippen molar-refractivity contribution in [3.63, 3.8) is 0 Å². The minimum absolute atomic E-state index is 0.111. The van der Waals surface area contributed by atoms with Crippen LogP contribution in [-0.2, 0) is 11.3 Å². The Morgan fingerprint density at radius 1 is 1.12 bits per heavy atom. The molecule has 0 fully saturated rings. The molecule has 0 bridgehead atoms. The Labute approximate surface area is 202 Å². The predicted molar refractivity (Wildman–Crippen MR) is 135 cm³/mol. The summed E-state index contributed by atoms with van der Waals surface area (Å²) in [7, 11) is 1.54. The first-order valence-corrected chi connectivity index (χ1v) is 11.5. The SMILES string of the molecule is COc1cc(Cl)c(C)cc1NC(=O)CCCn1c(C)c2cnn(-c3ccccc3)c(=O)c2c1C. The van der Waals surface area contributed by atoms with Gasteiger partial charge in [-0.3, -0.25) is 9.59 Å². The Morgan fingerprint density at radius 3 is 2.56 bits per heavy atom. The lowest BCUT2D eigenvalue weighted by Gasteiger charge is -2.13. The molecule has 0 aliphatic heterocycles. The second-order valence-electron chi connectivity index (χ2n) is 8.26. The van der Waals surface area contributed by atoms with E-state index in [1.54, 1.807) is 25.4 Å². The summed E-state index contributed by atoms with van der Waals surface area (Å²) in [4.78, 5) is 25.8. The van der Waals surface area contributed by atoms with Crippen LogP contribution in [0.15, 0.2) is 53.5 Å². The summed E-state index contributed by atoms with van der Waals surface area (Å²) in [6.45, 7) is 6.40. The number of ether oxygens (including phenoxy) is 1. The predicted octanol–water partition coefficient (Wildman–Crippen LogP) is 5.19. The Balaban J connectivity index is 1.51. The second kappa shape index (κ2) is 9.73. The van der Waals surface area contributed by atoms with Crippen molar-refractivity contribution in [1.82, 2.24) is 14.3 Å². The number of aryl methyl sites for hydroxylation is 3. The molecular weight excluding hydrogens is 452 g/mol. The molecule has 0 radical (unpaired) electrons. The lowest BCUT2D eigenvalue weighted by molar-refractivity contribution is -0.116. The van der Waals surface area contributed by atoms with E-state index in [4.69, 9.17) is 16.3 Å². The van der Waals surface area contributed by atoms with Crippen LogP contribution in [0, 0.1) is 20.8 Å². The first-order chi connectivity index (χ1) is 16.3. The van der Waals surface area contributed by atoms with Crippen LogP contribution >= 0.6 is 11.6 Å². The first-order valence-electron chi connectivity index (χ1n) is 11.1. The highest BCUT2D eigenvalue weighted by Gasteiger charge is 2.17. The molecule has 0 spiro atoms. The molecule has 0 aliphatic carbocycles. The zero-order chi connectivity index (χ0) is 24.4. The van der Waals surface area contributed by atoms with E-state index in [2.05, 4.69) is 15.0 Å². The number of hydrogen-bond donors (Lipinski definition) is 1. The molecule has 0 atom stereocenters. The molecule has 176 valence electrons. The summed E-state index contributed by atoms with van der Waals surface area (Å²) >= 11 is 6.15. The molecule has 1 N–H and O–H groups in total. The molecule has 8 heteroatoms. The maximum absolute atomic E-state index is 13.2. The molecule has 2 heterocycles. The first kappa shape index (κ1) is 23.6. The summed E-state index contributed by atoms with van der Waals surface area (Å²) in [5.41, 5.74) is 3.88. The molecule has 34 heavy (non-hydrogen) atoms. The van der Waals surface area contributed by atoms with Crippen molar-refractivity contribution in [2.75, 3.05) is 12.4 Å². The molecule has 4 aromatic rings. The number of anilines is 1. The summed E-state index contributed by atoms with van der Waals surface area (Å²) in [5, 5.41) is 9.37. The van der Waals surface area contributed by atoms with Crippen LogP contribution < -0.4 is 15.6 Å². The van der Waals surface area contributed by atoms with E-state index in [0.717, 1.165) is 28.0 Å². The molecule has 0 aliphatic rings. The number of carbonyl (C=O) groups excluding carboxylic acids is 1. The third-order valence-electron chi connectivity index (χ3n) is 6.08. The van der Waals surface area contributed by atoms with Gasteiger partial charge in [0.1, 0.15) is 5.75 Å². The standard InChI is InChI=1S/C26H27ClN4O3/c1-16-13-22(23(34-4)14-21(16)27)29-24(32)11-8-12-30-17(2)20-15-28-31(19-9-6-5-7-10-19)26(33)25(20)18(30)3/h5-7,9-10,13-15H,8,11-12H2,1-4H3,(H,29,32). The van der Waals surface area contributed by atoms with E-state index in [0.29, 0.717) is 41.2 Å². The van der Waals surface area contributed by atoms with E-state index in [9.17, 15) is 9.59 Å². The smallest absolute Gasteiger partial charge is 0.281 e. The Kier molecular flexibility index (Phi) is 6.75. The minimum Gasteiger partial charge on any atom is -0.495 e. The molecular formula is C26H27ClN4O3. The van der Waals surface area contributed by atoms with Crippen molar-refractivity contribution in [3.8, 4) is 11.4 Å². The quantitative estimate of drug-likeness (QED) is 0.396. The van der Waals surface area contributed by atoms with Crippen molar-refractivity contribution in [2.24, 2.45) is 0 Å². The van der Waals surface area contributed by atoms with Gasteiger partial charge in [-0.05, 0) is 51.0 Å². The van der Waals surface area contributed by atoms with Crippen molar-refractivity contribution >= 4 is 34.0 Å². The van der Waals surface area contributed by atoms with Crippen LogP contribution in [0.3, 0.4) is 0 Å². The number of hydrogen-bond acceptors (Lipinski definition) is 4. The van der Waals surface area contributed by atoms with Crippen LogP contribution in [0.4, 0.5) is 5.69 Å². The minimum atomic E-state index is -0.147. The number of aromatic nitrogens is 3. The topological polar surface area (TPSA) is 78.2 Å². The number of fused-ring (bicyclic) bond motifs is 1. The number of benzene rings is 2. The summed E-state index contributed by atoms with van der Waals surface area (Å²) in [6, 6.07) is 12.9. The van der Waals surface area contributed by atoms with Crippen LogP contribution in [0.5, 0.6) is 5.75 Å². The van der Waals surface area contributed by atoms with Crippen LogP contribution in [0.25, 0.3) is 16.5 Å². The highest BCUT2D eigenvalue weighted by molar-refractivity contribution is 6.31. The van der Waals surface area contributed by atoms with Gasteiger partial charge in [0.25, 0.3) is 5.56 Å². The lowest BCUT2D eigenvalue weighted by atomic mass is 10.2. The van der Waals surface area contributed by atoms with Gasteiger partial charge in [0.15, 0.2) is 0 Å². The number of amides is 1. The van der Waals surface area contributed by atoms with E-state index in [-0.39, 0.29) is 11.5 Å². The highest BCUT2D eigenvalue weighted by Crippen LogP contribution is 2.31. The fourth-order valence-corrected chi connectivity index (χ4v) is 4.39. The molecule has 7 nitrogen and oxygen atoms in total. The van der Waals surface area contributed by atoms with Crippen molar-refractivity contribution in [2.45, 2.75) is 40.2 Å². The average molecular weight is 479 g/mol. The van der Waals surface area contributed by atoms with Gasteiger partial charge in [-0.1, -0.05) is 29.8 Å². The molecule has 1 amide bonds. The summed E-state index contributed by atoms with van der Waals surface area (Å²) in [6.07, 6.45) is 2.68. The number of nitrogens with one attached hydrogen (secondary N) is 1. The van der Waals surface area contributed by atoms with E-state index in [1.807, 2.05) is 51.1 Å².